The molecule has 0 aliphatic rings. The lowest BCUT2D eigenvalue weighted by atomic mass is 10.1. The second-order valence-corrected chi connectivity index (χ2v) is 6.35. The van der Waals surface area contributed by atoms with Crippen LogP contribution in [0.1, 0.15) is 22.4 Å². The number of phenolic OH excluding ortho intramolecular Hbond substituents is 1. The van der Waals surface area contributed by atoms with Crippen LogP contribution in [0.4, 0.5) is 0 Å². The summed E-state index contributed by atoms with van der Waals surface area (Å²) in [5, 5.41) is 20.8. The van der Waals surface area contributed by atoms with Gasteiger partial charge in [-0.25, -0.2) is 0 Å². The Morgan fingerprint density at radius 2 is 1.96 bits per heavy atom. The van der Waals surface area contributed by atoms with Gasteiger partial charge in [-0.3, -0.25) is 0 Å². The van der Waals surface area contributed by atoms with Gasteiger partial charge in [0.05, 0.1) is 16.7 Å². The van der Waals surface area contributed by atoms with E-state index in [4.69, 9.17) is 28.5 Å². The maximum atomic E-state index is 9.79. The Labute approximate surface area is 144 Å². The van der Waals surface area contributed by atoms with Crippen LogP contribution in [0, 0.1) is 18.3 Å². The molecule has 0 fully saturated rings. The van der Waals surface area contributed by atoms with Crippen LogP contribution in [0.15, 0.2) is 30.3 Å². The Kier molecular flexibility index (Phi) is 3.97. The molecule has 3 aromatic rings. The Morgan fingerprint density at radius 3 is 2.65 bits per heavy atom. The maximum Gasteiger partial charge on any atom is 0.134 e. The zero-order chi connectivity index (χ0) is 16.7. The van der Waals surface area contributed by atoms with Crippen molar-refractivity contribution in [3.63, 3.8) is 0 Å². The second kappa shape index (κ2) is 5.81. The fourth-order valence-corrected chi connectivity index (χ4v) is 3.33. The third-order valence-electron chi connectivity index (χ3n) is 4.12. The van der Waals surface area contributed by atoms with E-state index in [1.54, 1.807) is 6.07 Å². The summed E-state index contributed by atoms with van der Waals surface area (Å²) in [6.07, 6.45) is 0.499. The minimum absolute atomic E-state index is 0.0211. The molecule has 1 N–H and O–H groups in total. The van der Waals surface area contributed by atoms with Crippen LogP contribution in [0.5, 0.6) is 5.75 Å². The lowest BCUT2D eigenvalue weighted by Crippen LogP contribution is -1.99. The van der Waals surface area contributed by atoms with Crippen LogP contribution in [-0.2, 0) is 13.5 Å². The first-order valence-corrected chi connectivity index (χ1v) is 7.83. The largest absolute Gasteiger partial charge is 0.506 e. The van der Waals surface area contributed by atoms with Gasteiger partial charge in [-0.05, 0) is 48.4 Å². The van der Waals surface area contributed by atoms with Crippen molar-refractivity contribution in [3.05, 3.63) is 62.8 Å². The standard InChI is InChI=1S/C18H14Cl2N2O/c1-10-5-11(9-21)6-16-13(10)7-12(22(16)2)8-14-15(19)3-4-17(23)18(14)20/h3-7,23H,8H2,1-2H3. The van der Waals surface area contributed by atoms with E-state index < -0.39 is 0 Å². The number of nitrogens with zero attached hydrogens (tertiary/aromatic N) is 2. The van der Waals surface area contributed by atoms with Crippen molar-refractivity contribution < 1.29 is 5.11 Å². The van der Waals surface area contributed by atoms with E-state index in [0.717, 1.165) is 22.2 Å². The summed E-state index contributed by atoms with van der Waals surface area (Å²) in [5.41, 5.74) is 4.37. The number of fused-ring (bicyclic) bond motifs is 1. The molecular weight excluding hydrogens is 331 g/mol. The zero-order valence-corrected chi connectivity index (χ0v) is 14.2. The van der Waals surface area contributed by atoms with Gasteiger partial charge in [-0.2, -0.15) is 5.26 Å². The van der Waals surface area contributed by atoms with Crippen LogP contribution in [0.2, 0.25) is 10.0 Å². The van der Waals surface area contributed by atoms with Crippen LogP contribution < -0.4 is 0 Å². The first-order chi connectivity index (χ1) is 10.9. The van der Waals surface area contributed by atoms with Crippen LogP contribution in [0.25, 0.3) is 10.9 Å². The second-order valence-electron chi connectivity index (χ2n) is 5.57. The van der Waals surface area contributed by atoms with Crippen molar-refractivity contribution in [3.8, 4) is 11.8 Å². The first kappa shape index (κ1) is 15.7. The predicted molar refractivity (Wildman–Crippen MR) is 93.3 cm³/mol. The van der Waals surface area contributed by atoms with Gasteiger partial charge in [0.1, 0.15) is 5.75 Å². The molecule has 3 nitrogen and oxygen atoms in total. The Morgan fingerprint density at radius 1 is 1.22 bits per heavy atom. The van der Waals surface area contributed by atoms with Gasteiger partial charge in [-0.1, -0.05) is 23.2 Å². The van der Waals surface area contributed by atoms with Crippen molar-refractivity contribution >= 4 is 34.1 Å². The van der Waals surface area contributed by atoms with Gasteiger partial charge >= 0.3 is 0 Å². The highest BCUT2D eigenvalue weighted by Crippen LogP contribution is 2.35. The van der Waals surface area contributed by atoms with Crippen molar-refractivity contribution in [2.45, 2.75) is 13.3 Å². The number of aryl methyl sites for hydroxylation is 2. The highest BCUT2D eigenvalue weighted by molar-refractivity contribution is 6.36. The van der Waals surface area contributed by atoms with Gasteiger partial charge in [0.25, 0.3) is 0 Å². The molecule has 0 saturated carbocycles. The normalized spacial score (nSPS) is 10.9. The van der Waals surface area contributed by atoms with Crippen molar-refractivity contribution in [1.82, 2.24) is 4.57 Å². The molecule has 1 aromatic heterocycles. The van der Waals surface area contributed by atoms with Gasteiger partial charge in [0.15, 0.2) is 0 Å². The molecule has 1 heterocycles. The lowest BCUT2D eigenvalue weighted by Gasteiger charge is -2.10. The average molecular weight is 345 g/mol. The molecule has 116 valence electrons. The number of hydrogen-bond acceptors (Lipinski definition) is 2. The summed E-state index contributed by atoms with van der Waals surface area (Å²) in [5.74, 6) is 0.0211. The molecule has 0 atom stereocenters. The number of benzene rings is 2. The number of halogens is 2. The molecule has 0 aliphatic heterocycles. The van der Waals surface area contributed by atoms with Crippen LogP contribution in [0.3, 0.4) is 0 Å². The monoisotopic (exact) mass is 344 g/mol. The molecule has 0 radical (unpaired) electrons. The van der Waals surface area contributed by atoms with E-state index in [-0.39, 0.29) is 10.8 Å². The Balaban J connectivity index is 2.16. The molecule has 2 aromatic carbocycles. The predicted octanol–water partition coefficient (Wildman–Crippen LogP) is 4.96. The molecule has 0 unspecified atom stereocenters. The Hall–Kier alpha value is -2.15. The highest BCUT2D eigenvalue weighted by atomic mass is 35.5. The minimum Gasteiger partial charge on any atom is -0.506 e. The number of rotatable bonds is 2. The molecule has 23 heavy (non-hydrogen) atoms. The van der Waals surface area contributed by atoms with Crippen molar-refractivity contribution in [1.29, 1.82) is 5.26 Å². The molecule has 5 heteroatoms. The quantitative estimate of drug-likeness (QED) is 0.713. The minimum atomic E-state index is 0.0211. The number of aromatic nitrogens is 1. The molecular formula is C18H14Cl2N2O. The highest BCUT2D eigenvalue weighted by Gasteiger charge is 2.15. The smallest absolute Gasteiger partial charge is 0.134 e. The van der Waals surface area contributed by atoms with Crippen molar-refractivity contribution in [2.75, 3.05) is 0 Å². The van der Waals surface area contributed by atoms with Gasteiger partial charge in [0.2, 0.25) is 0 Å². The average Bonchev–Trinajstić information content (AvgIpc) is 2.85. The summed E-state index contributed by atoms with van der Waals surface area (Å²) in [6, 6.07) is 11.1. The lowest BCUT2D eigenvalue weighted by molar-refractivity contribution is 0.475. The molecule has 0 spiro atoms. The van der Waals surface area contributed by atoms with Gasteiger partial charge in [0, 0.05) is 35.1 Å². The van der Waals surface area contributed by atoms with E-state index in [2.05, 4.69) is 12.1 Å². The zero-order valence-electron chi connectivity index (χ0n) is 12.7. The molecule has 0 aliphatic carbocycles. The van der Waals surface area contributed by atoms with E-state index in [9.17, 15) is 5.11 Å². The fourth-order valence-electron chi connectivity index (χ4n) is 2.83. The summed E-state index contributed by atoms with van der Waals surface area (Å²) in [7, 11) is 1.95. The van der Waals surface area contributed by atoms with Gasteiger partial charge in [-0.15, -0.1) is 0 Å². The third-order valence-corrected chi connectivity index (χ3v) is 4.90. The van der Waals surface area contributed by atoms with Crippen LogP contribution in [-0.4, -0.2) is 9.67 Å². The number of aromatic hydroxyl groups is 1. The summed E-state index contributed by atoms with van der Waals surface area (Å²) >= 11 is 12.4. The maximum absolute atomic E-state index is 9.79. The van der Waals surface area contributed by atoms with E-state index in [1.807, 2.05) is 30.7 Å². The number of phenols is 1. The van der Waals surface area contributed by atoms with Crippen LogP contribution >= 0.6 is 23.2 Å². The van der Waals surface area contributed by atoms with Gasteiger partial charge < -0.3 is 9.67 Å². The topological polar surface area (TPSA) is 48.9 Å². The summed E-state index contributed by atoms with van der Waals surface area (Å²) in [6.45, 7) is 1.99. The number of hydrogen-bond donors (Lipinski definition) is 1. The summed E-state index contributed by atoms with van der Waals surface area (Å²) < 4.78 is 2.03. The van der Waals surface area contributed by atoms with E-state index >= 15 is 0 Å². The third kappa shape index (κ3) is 2.65. The summed E-state index contributed by atoms with van der Waals surface area (Å²) in [4.78, 5) is 0. The Bertz CT molecular complexity index is 968. The SMILES string of the molecule is Cc1cc(C#N)cc2c1cc(Cc1c(Cl)ccc(O)c1Cl)n2C. The fraction of sp³-hybridized carbons (Fsp3) is 0.167. The molecule has 3 rings (SSSR count). The molecule has 0 amide bonds. The first-order valence-electron chi connectivity index (χ1n) is 7.07. The number of nitriles is 1. The molecule has 0 saturated heterocycles. The van der Waals surface area contributed by atoms with E-state index in [1.165, 1.54) is 6.07 Å². The van der Waals surface area contributed by atoms with Crippen molar-refractivity contribution in [2.24, 2.45) is 7.05 Å². The molecule has 0 bridgehead atoms. The van der Waals surface area contributed by atoms with E-state index in [0.29, 0.717) is 22.6 Å².